The SMILES string of the molecule is O=C(C1CCCC1)N1CCC[C@@H](c2cc(=O)[nH]c(-c3cnccn3)n2)C1. The van der Waals surface area contributed by atoms with Gasteiger partial charge < -0.3 is 9.88 Å². The van der Waals surface area contributed by atoms with Crippen LogP contribution in [0.3, 0.4) is 0 Å². The summed E-state index contributed by atoms with van der Waals surface area (Å²) in [4.78, 5) is 42.5. The van der Waals surface area contributed by atoms with Gasteiger partial charge in [0.25, 0.3) is 5.56 Å². The third-order valence-corrected chi connectivity index (χ3v) is 5.42. The van der Waals surface area contributed by atoms with Gasteiger partial charge in [-0.1, -0.05) is 12.8 Å². The lowest BCUT2D eigenvalue weighted by molar-refractivity contribution is -0.136. The Morgan fingerprint density at radius 3 is 2.77 bits per heavy atom. The molecule has 1 N–H and O–H groups in total. The van der Waals surface area contributed by atoms with E-state index in [9.17, 15) is 9.59 Å². The molecule has 7 nitrogen and oxygen atoms in total. The number of hydrogen-bond donors (Lipinski definition) is 1. The molecule has 1 saturated heterocycles. The van der Waals surface area contributed by atoms with Gasteiger partial charge in [0.2, 0.25) is 5.91 Å². The molecule has 4 rings (SSSR count). The number of H-pyrrole nitrogens is 1. The maximum atomic E-state index is 12.8. The third kappa shape index (κ3) is 3.52. The Morgan fingerprint density at radius 1 is 1.15 bits per heavy atom. The first-order chi connectivity index (χ1) is 12.7. The van der Waals surface area contributed by atoms with E-state index in [1.54, 1.807) is 24.7 Å². The first kappa shape index (κ1) is 16.9. The highest BCUT2D eigenvalue weighted by atomic mass is 16.2. The molecule has 0 spiro atoms. The summed E-state index contributed by atoms with van der Waals surface area (Å²) < 4.78 is 0. The molecule has 2 aliphatic rings. The van der Waals surface area contributed by atoms with Gasteiger partial charge in [-0.3, -0.25) is 14.6 Å². The van der Waals surface area contributed by atoms with Gasteiger partial charge >= 0.3 is 0 Å². The van der Waals surface area contributed by atoms with Crippen LogP contribution in [0, 0.1) is 5.92 Å². The van der Waals surface area contributed by atoms with Crippen molar-refractivity contribution >= 4 is 5.91 Å². The summed E-state index contributed by atoms with van der Waals surface area (Å²) in [6.07, 6.45) is 11.0. The lowest BCUT2D eigenvalue weighted by atomic mass is 9.93. The summed E-state index contributed by atoms with van der Waals surface area (Å²) in [5.41, 5.74) is 1.08. The molecule has 0 radical (unpaired) electrons. The number of carbonyl (C=O) groups is 1. The molecule has 3 heterocycles. The highest BCUT2D eigenvalue weighted by Gasteiger charge is 2.31. The van der Waals surface area contributed by atoms with Gasteiger partial charge in [0.1, 0.15) is 5.69 Å². The van der Waals surface area contributed by atoms with Gasteiger partial charge in [0.15, 0.2) is 5.82 Å². The van der Waals surface area contributed by atoms with E-state index in [0.717, 1.165) is 50.8 Å². The molecule has 7 heteroatoms. The minimum Gasteiger partial charge on any atom is -0.342 e. The summed E-state index contributed by atoms with van der Waals surface area (Å²) in [6.45, 7) is 1.46. The quantitative estimate of drug-likeness (QED) is 0.912. The number of amides is 1. The van der Waals surface area contributed by atoms with Crippen LogP contribution < -0.4 is 5.56 Å². The number of carbonyl (C=O) groups excluding carboxylic acids is 1. The Bertz CT molecular complexity index is 829. The number of nitrogens with one attached hydrogen (secondary N) is 1. The number of aromatic amines is 1. The molecule has 0 unspecified atom stereocenters. The minimum atomic E-state index is -0.199. The van der Waals surface area contributed by atoms with Crippen LogP contribution >= 0.6 is 0 Å². The predicted octanol–water partition coefficient (Wildman–Crippen LogP) is 2.12. The van der Waals surface area contributed by atoms with E-state index in [1.807, 2.05) is 4.90 Å². The van der Waals surface area contributed by atoms with Crippen LogP contribution in [0.5, 0.6) is 0 Å². The first-order valence-corrected chi connectivity index (χ1v) is 9.37. The van der Waals surface area contributed by atoms with Crippen LogP contribution in [0.15, 0.2) is 29.5 Å². The zero-order chi connectivity index (χ0) is 17.9. The van der Waals surface area contributed by atoms with Crippen molar-refractivity contribution in [3.8, 4) is 11.5 Å². The minimum absolute atomic E-state index is 0.0897. The van der Waals surface area contributed by atoms with Gasteiger partial charge in [-0.15, -0.1) is 0 Å². The van der Waals surface area contributed by atoms with E-state index in [2.05, 4.69) is 19.9 Å². The Labute approximate surface area is 151 Å². The van der Waals surface area contributed by atoms with E-state index >= 15 is 0 Å². The number of nitrogens with zero attached hydrogens (tertiary/aromatic N) is 4. The molecule has 1 aliphatic heterocycles. The average molecular weight is 353 g/mol. The number of rotatable bonds is 3. The normalized spacial score (nSPS) is 21.1. The molecule has 2 fully saturated rings. The Hall–Kier alpha value is -2.57. The second kappa shape index (κ2) is 7.35. The van der Waals surface area contributed by atoms with Crippen LogP contribution in [0.2, 0.25) is 0 Å². The highest BCUT2D eigenvalue weighted by Crippen LogP contribution is 2.31. The van der Waals surface area contributed by atoms with Crippen molar-refractivity contribution in [1.82, 2.24) is 24.8 Å². The molecule has 2 aromatic rings. The number of aromatic nitrogens is 4. The fraction of sp³-hybridized carbons (Fsp3) is 0.526. The Morgan fingerprint density at radius 2 is 2.00 bits per heavy atom. The number of piperidine rings is 1. The lowest BCUT2D eigenvalue weighted by Gasteiger charge is -2.34. The largest absolute Gasteiger partial charge is 0.342 e. The van der Waals surface area contributed by atoms with E-state index in [-0.39, 0.29) is 23.3 Å². The Kier molecular flexibility index (Phi) is 4.77. The van der Waals surface area contributed by atoms with Crippen molar-refractivity contribution in [3.63, 3.8) is 0 Å². The van der Waals surface area contributed by atoms with E-state index in [0.29, 0.717) is 18.1 Å². The van der Waals surface area contributed by atoms with Crippen molar-refractivity contribution in [2.24, 2.45) is 5.92 Å². The number of likely N-dealkylation sites (tertiary alicyclic amines) is 1. The van der Waals surface area contributed by atoms with Crippen molar-refractivity contribution in [2.75, 3.05) is 13.1 Å². The molecule has 1 saturated carbocycles. The first-order valence-electron chi connectivity index (χ1n) is 9.37. The molecule has 26 heavy (non-hydrogen) atoms. The fourth-order valence-corrected chi connectivity index (χ4v) is 4.08. The molecule has 1 aliphatic carbocycles. The predicted molar refractivity (Wildman–Crippen MR) is 96.4 cm³/mol. The van der Waals surface area contributed by atoms with Gasteiger partial charge in [-0.05, 0) is 25.7 Å². The second-order valence-electron chi connectivity index (χ2n) is 7.21. The van der Waals surface area contributed by atoms with Crippen LogP contribution in [0.1, 0.15) is 50.1 Å². The molecular formula is C19H23N5O2. The fourth-order valence-electron chi connectivity index (χ4n) is 4.08. The maximum absolute atomic E-state index is 12.8. The molecular weight excluding hydrogens is 330 g/mol. The van der Waals surface area contributed by atoms with Crippen molar-refractivity contribution in [1.29, 1.82) is 0 Å². The summed E-state index contributed by atoms with van der Waals surface area (Å²) in [5.74, 6) is 0.994. The van der Waals surface area contributed by atoms with Crippen LogP contribution in [-0.4, -0.2) is 43.8 Å². The summed E-state index contributed by atoms with van der Waals surface area (Å²) >= 11 is 0. The van der Waals surface area contributed by atoms with Crippen molar-refractivity contribution in [2.45, 2.75) is 44.4 Å². The molecule has 1 amide bonds. The molecule has 0 aromatic carbocycles. The van der Waals surface area contributed by atoms with Gasteiger partial charge in [-0.25, -0.2) is 9.97 Å². The maximum Gasteiger partial charge on any atom is 0.251 e. The van der Waals surface area contributed by atoms with Gasteiger partial charge in [-0.2, -0.15) is 0 Å². The summed E-state index contributed by atoms with van der Waals surface area (Å²) in [5, 5.41) is 0. The number of hydrogen-bond acceptors (Lipinski definition) is 5. The average Bonchev–Trinajstić information content (AvgIpc) is 3.22. The zero-order valence-electron chi connectivity index (χ0n) is 14.7. The Balaban J connectivity index is 1.56. The van der Waals surface area contributed by atoms with Crippen molar-refractivity contribution in [3.05, 3.63) is 40.7 Å². The van der Waals surface area contributed by atoms with Gasteiger partial charge in [0.05, 0.1) is 11.9 Å². The highest BCUT2D eigenvalue weighted by molar-refractivity contribution is 5.79. The smallest absolute Gasteiger partial charge is 0.251 e. The van der Waals surface area contributed by atoms with Crippen molar-refractivity contribution < 1.29 is 4.79 Å². The lowest BCUT2D eigenvalue weighted by Crippen LogP contribution is -2.42. The zero-order valence-corrected chi connectivity index (χ0v) is 14.7. The topological polar surface area (TPSA) is 91.8 Å². The summed E-state index contributed by atoms with van der Waals surface area (Å²) in [6, 6.07) is 1.55. The summed E-state index contributed by atoms with van der Waals surface area (Å²) in [7, 11) is 0. The van der Waals surface area contributed by atoms with E-state index < -0.39 is 0 Å². The monoisotopic (exact) mass is 353 g/mol. The molecule has 1 atom stereocenters. The van der Waals surface area contributed by atoms with E-state index in [4.69, 9.17) is 0 Å². The van der Waals surface area contributed by atoms with Crippen LogP contribution in [0.25, 0.3) is 11.5 Å². The van der Waals surface area contributed by atoms with Crippen LogP contribution in [-0.2, 0) is 4.79 Å². The standard InChI is InChI=1S/C19H23N5O2/c25-17-10-15(22-18(23-17)16-11-20-7-8-21-16)14-6-3-9-24(12-14)19(26)13-4-1-2-5-13/h7-8,10-11,13-14H,1-6,9,12H2,(H,22,23,25)/t14-/m1/s1. The van der Waals surface area contributed by atoms with Gasteiger partial charge in [0, 0.05) is 43.4 Å². The molecule has 136 valence electrons. The van der Waals surface area contributed by atoms with Crippen LogP contribution in [0.4, 0.5) is 0 Å². The molecule has 2 aromatic heterocycles. The second-order valence-corrected chi connectivity index (χ2v) is 7.21. The third-order valence-electron chi connectivity index (χ3n) is 5.42. The molecule has 0 bridgehead atoms. The van der Waals surface area contributed by atoms with E-state index in [1.165, 1.54) is 0 Å².